The smallest absolute Gasteiger partial charge is 0.338 e. The van der Waals surface area contributed by atoms with Crippen LogP contribution in [0, 0.1) is 0 Å². The number of hydrogen-bond donors (Lipinski definition) is 1. The number of carbonyl (C=O) groups is 1. The van der Waals surface area contributed by atoms with Crippen LogP contribution in [-0.4, -0.2) is 50.3 Å². The van der Waals surface area contributed by atoms with E-state index in [-0.39, 0.29) is 12.1 Å². The van der Waals surface area contributed by atoms with Crippen LogP contribution in [-0.2, 0) is 4.74 Å². The van der Waals surface area contributed by atoms with Crippen LogP contribution in [0.3, 0.4) is 0 Å². The standard InChI is InChI=1S/C21H26N2O3/c1-23-13-10-20(11-14-23)26-21(24)17-6-5-7-18(16-17)22-12-15-25-19-8-3-2-4-9-19/h2-9,16,20,22H,10-15H2,1H3. The molecule has 0 atom stereocenters. The second-order valence-corrected chi connectivity index (χ2v) is 6.58. The molecule has 0 saturated carbocycles. The molecule has 1 aliphatic heterocycles. The van der Waals surface area contributed by atoms with Gasteiger partial charge in [-0.05, 0) is 50.2 Å². The largest absolute Gasteiger partial charge is 0.492 e. The quantitative estimate of drug-likeness (QED) is 0.610. The van der Waals surface area contributed by atoms with Gasteiger partial charge in [0.05, 0.1) is 5.56 Å². The van der Waals surface area contributed by atoms with Gasteiger partial charge in [0.1, 0.15) is 18.5 Å². The number of nitrogens with one attached hydrogen (secondary N) is 1. The minimum atomic E-state index is -0.247. The van der Waals surface area contributed by atoms with Gasteiger partial charge < -0.3 is 19.7 Å². The summed E-state index contributed by atoms with van der Waals surface area (Å²) in [7, 11) is 2.09. The molecule has 1 heterocycles. The van der Waals surface area contributed by atoms with Gasteiger partial charge in [-0.25, -0.2) is 4.79 Å². The number of rotatable bonds is 7. The number of benzene rings is 2. The Bertz CT molecular complexity index is 697. The molecule has 5 nitrogen and oxygen atoms in total. The van der Waals surface area contributed by atoms with Gasteiger partial charge in [0.2, 0.25) is 0 Å². The molecule has 0 aromatic heterocycles. The van der Waals surface area contributed by atoms with Gasteiger partial charge >= 0.3 is 5.97 Å². The number of esters is 1. The van der Waals surface area contributed by atoms with Crippen LogP contribution in [0.5, 0.6) is 5.75 Å². The van der Waals surface area contributed by atoms with E-state index in [0.29, 0.717) is 18.7 Å². The van der Waals surface area contributed by atoms with Crippen molar-refractivity contribution in [2.45, 2.75) is 18.9 Å². The van der Waals surface area contributed by atoms with E-state index in [1.165, 1.54) is 0 Å². The monoisotopic (exact) mass is 354 g/mol. The van der Waals surface area contributed by atoms with Crippen molar-refractivity contribution in [2.24, 2.45) is 0 Å². The number of para-hydroxylation sites is 1. The molecule has 0 spiro atoms. The first-order valence-corrected chi connectivity index (χ1v) is 9.12. The molecule has 1 aliphatic rings. The van der Waals surface area contributed by atoms with Crippen molar-refractivity contribution in [3.63, 3.8) is 0 Å². The van der Waals surface area contributed by atoms with Gasteiger partial charge in [-0.15, -0.1) is 0 Å². The van der Waals surface area contributed by atoms with Crippen molar-refractivity contribution in [2.75, 3.05) is 38.6 Å². The van der Waals surface area contributed by atoms with E-state index in [0.717, 1.165) is 37.4 Å². The van der Waals surface area contributed by atoms with Crippen molar-refractivity contribution in [1.29, 1.82) is 0 Å². The highest BCUT2D eigenvalue weighted by atomic mass is 16.5. The zero-order chi connectivity index (χ0) is 18.2. The number of carbonyl (C=O) groups excluding carboxylic acids is 1. The molecule has 0 unspecified atom stereocenters. The van der Waals surface area contributed by atoms with Crippen LogP contribution < -0.4 is 10.1 Å². The lowest BCUT2D eigenvalue weighted by Crippen LogP contribution is -2.35. The van der Waals surface area contributed by atoms with Gasteiger partial charge in [-0.3, -0.25) is 0 Å². The molecule has 0 aliphatic carbocycles. The topological polar surface area (TPSA) is 50.8 Å². The molecule has 0 amide bonds. The van der Waals surface area contributed by atoms with Crippen molar-refractivity contribution >= 4 is 11.7 Å². The van der Waals surface area contributed by atoms with Crippen LogP contribution in [0.15, 0.2) is 54.6 Å². The van der Waals surface area contributed by atoms with Gasteiger partial charge in [0.25, 0.3) is 0 Å². The zero-order valence-electron chi connectivity index (χ0n) is 15.2. The highest BCUT2D eigenvalue weighted by molar-refractivity contribution is 5.90. The number of piperidine rings is 1. The Kier molecular flexibility index (Phi) is 6.50. The first kappa shape index (κ1) is 18.3. The Morgan fingerprint density at radius 3 is 2.65 bits per heavy atom. The fourth-order valence-electron chi connectivity index (χ4n) is 2.96. The second kappa shape index (κ2) is 9.25. The molecule has 0 radical (unpaired) electrons. The molecule has 26 heavy (non-hydrogen) atoms. The Morgan fingerprint density at radius 1 is 1.12 bits per heavy atom. The van der Waals surface area contributed by atoms with Crippen molar-refractivity contribution in [3.05, 3.63) is 60.2 Å². The number of likely N-dealkylation sites (tertiary alicyclic amines) is 1. The molecular weight excluding hydrogens is 328 g/mol. The summed E-state index contributed by atoms with van der Waals surface area (Å²) in [5, 5.41) is 3.28. The van der Waals surface area contributed by atoms with Crippen LogP contribution in [0.25, 0.3) is 0 Å². The van der Waals surface area contributed by atoms with E-state index in [1.807, 2.05) is 48.5 Å². The molecule has 1 fully saturated rings. The average Bonchev–Trinajstić information content (AvgIpc) is 2.68. The summed E-state index contributed by atoms with van der Waals surface area (Å²) in [4.78, 5) is 14.6. The highest BCUT2D eigenvalue weighted by Crippen LogP contribution is 2.17. The van der Waals surface area contributed by atoms with E-state index in [4.69, 9.17) is 9.47 Å². The maximum atomic E-state index is 12.4. The Hall–Kier alpha value is -2.53. The Labute approximate surface area is 154 Å². The molecule has 1 saturated heterocycles. The van der Waals surface area contributed by atoms with Crippen molar-refractivity contribution in [1.82, 2.24) is 4.90 Å². The second-order valence-electron chi connectivity index (χ2n) is 6.58. The third kappa shape index (κ3) is 5.49. The van der Waals surface area contributed by atoms with Crippen LogP contribution in [0.4, 0.5) is 5.69 Å². The summed E-state index contributed by atoms with van der Waals surface area (Å²) in [6, 6.07) is 17.1. The number of nitrogens with zero attached hydrogens (tertiary/aromatic N) is 1. The molecule has 3 rings (SSSR count). The lowest BCUT2D eigenvalue weighted by Gasteiger charge is -2.28. The summed E-state index contributed by atoms with van der Waals surface area (Å²) < 4.78 is 11.3. The van der Waals surface area contributed by atoms with Gasteiger partial charge in [0.15, 0.2) is 0 Å². The predicted octanol–water partition coefficient (Wildman–Crippen LogP) is 3.43. The third-order valence-electron chi connectivity index (χ3n) is 4.48. The third-order valence-corrected chi connectivity index (χ3v) is 4.48. The van der Waals surface area contributed by atoms with Crippen LogP contribution in [0.2, 0.25) is 0 Å². The lowest BCUT2D eigenvalue weighted by molar-refractivity contribution is 0.0139. The van der Waals surface area contributed by atoms with Crippen LogP contribution in [0.1, 0.15) is 23.2 Å². The summed E-state index contributed by atoms with van der Waals surface area (Å²) in [6.45, 7) is 3.15. The Morgan fingerprint density at radius 2 is 1.88 bits per heavy atom. The van der Waals surface area contributed by atoms with Gasteiger partial charge in [0, 0.05) is 25.3 Å². The van der Waals surface area contributed by atoms with Gasteiger partial charge in [-0.1, -0.05) is 24.3 Å². The summed E-state index contributed by atoms with van der Waals surface area (Å²) in [6.07, 6.45) is 1.82. The van der Waals surface area contributed by atoms with Crippen molar-refractivity contribution < 1.29 is 14.3 Å². The average molecular weight is 354 g/mol. The van der Waals surface area contributed by atoms with Gasteiger partial charge in [-0.2, -0.15) is 0 Å². The fraction of sp³-hybridized carbons (Fsp3) is 0.381. The van der Waals surface area contributed by atoms with E-state index >= 15 is 0 Å². The number of anilines is 1. The number of ether oxygens (including phenoxy) is 2. The maximum Gasteiger partial charge on any atom is 0.338 e. The van der Waals surface area contributed by atoms with E-state index in [1.54, 1.807) is 6.07 Å². The lowest BCUT2D eigenvalue weighted by atomic mass is 10.1. The minimum Gasteiger partial charge on any atom is -0.492 e. The predicted molar refractivity (Wildman–Crippen MR) is 103 cm³/mol. The summed E-state index contributed by atoms with van der Waals surface area (Å²) >= 11 is 0. The molecule has 2 aromatic carbocycles. The number of hydrogen-bond acceptors (Lipinski definition) is 5. The first-order chi connectivity index (χ1) is 12.7. The normalized spacial score (nSPS) is 15.4. The van der Waals surface area contributed by atoms with E-state index in [9.17, 15) is 4.79 Å². The molecule has 5 heteroatoms. The molecule has 1 N–H and O–H groups in total. The Balaban J connectivity index is 1.45. The summed E-state index contributed by atoms with van der Waals surface area (Å²) in [5.74, 6) is 0.605. The summed E-state index contributed by atoms with van der Waals surface area (Å²) in [5.41, 5.74) is 1.47. The van der Waals surface area contributed by atoms with E-state index < -0.39 is 0 Å². The fourth-order valence-corrected chi connectivity index (χ4v) is 2.96. The molecular formula is C21H26N2O3. The van der Waals surface area contributed by atoms with Crippen LogP contribution >= 0.6 is 0 Å². The molecule has 138 valence electrons. The maximum absolute atomic E-state index is 12.4. The molecule has 2 aromatic rings. The molecule has 0 bridgehead atoms. The highest BCUT2D eigenvalue weighted by Gasteiger charge is 2.21. The SMILES string of the molecule is CN1CCC(OC(=O)c2cccc(NCCOc3ccccc3)c2)CC1. The first-order valence-electron chi connectivity index (χ1n) is 9.12. The minimum absolute atomic E-state index is 0.0228. The van der Waals surface area contributed by atoms with E-state index in [2.05, 4.69) is 17.3 Å². The zero-order valence-corrected chi connectivity index (χ0v) is 15.2. The van der Waals surface area contributed by atoms with Crippen molar-refractivity contribution in [3.8, 4) is 5.75 Å².